The number of halogens is 2. The number of Topliss-reactive ketones (excluding diaryl/α,β-unsaturated/α-hetero) is 1. The molecule has 0 radical (unpaired) electrons. The molecule has 15 heavy (non-hydrogen) atoms. The predicted octanol–water partition coefficient (Wildman–Crippen LogP) is 2.11. The molecule has 0 amide bonds. The fourth-order valence-corrected chi connectivity index (χ4v) is 1.15. The molecule has 1 rings (SSSR count). The quantitative estimate of drug-likeness (QED) is 0.716. The van der Waals surface area contributed by atoms with Crippen molar-refractivity contribution in [2.24, 2.45) is 0 Å². The molecule has 0 unspecified atom stereocenters. The minimum atomic E-state index is -3.44. The van der Waals surface area contributed by atoms with E-state index in [1.54, 1.807) is 0 Å². The Morgan fingerprint density at radius 1 is 1.33 bits per heavy atom. The van der Waals surface area contributed by atoms with E-state index < -0.39 is 11.7 Å². The Labute approximate surface area is 85.9 Å². The third-order valence-corrected chi connectivity index (χ3v) is 2.08. The first-order valence-electron chi connectivity index (χ1n) is 4.40. The van der Waals surface area contributed by atoms with Crippen LogP contribution in [0.5, 0.6) is 0 Å². The van der Waals surface area contributed by atoms with Gasteiger partial charge in [-0.05, 0) is 5.56 Å². The lowest BCUT2D eigenvalue weighted by Gasteiger charge is -2.12. The Bertz CT molecular complexity index is 369. The lowest BCUT2D eigenvalue weighted by Crippen LogP contribution is -2.22. The number of hydrogen-bond donors (Lipinski definition) is 0. The standard InChI is InChI=1S/C11H10F2O2/c1-8(15)11(12,13)10-4-2-9(3-5-10)6-7-14/h2-5,7H,6H2,1H3. The second kappa shape index (κ2) is 4.29. The van der Waals surface area contributed by atoms with E-state index in [-0.39, 0.29) is 12.0 Å². The van der Waals surface area contributed by atoms with Crippen LogP contribution in [0.15, 0.2) is 24.3 Å². The van der Waals surface area contributed by atoms with Gasteiger partial charge in [-0.2, -0.15) is 8.78 Å². The summed E-state index contributed by atoms with van der Waals surface area (Å²) in [6.07, 6.45) is 0.879. The largest absolute Gasteiger partial charge is 0.330 e. The average molecular weight is 212 g/mol. The van der Waals surface area contributed by atoms with Gasteiger partial charge in [-0.15, -0.1) is 0 Å². The number of carbonyl (C=O) groups excluding carboxylic acids is 2. The van der Waals surface area contributed by atoms with Crippen LogP contribution in [0.2, 0.25) is 0 Å². The molecule has 0 N–H and O–H groups in total. The van der Waals surface area contributed by atoms with Crippen molar-refractivity contribution in [3.63, 3.8) is 0 Å². The van der Waals surface area contributed by atoms with Crippen molar-refractivity contribution in [1.82, 2.24) is 0 Å². The first kappa shape index (κ1) is 11.5. The monoisotopic (exact) mass is 212 g/mol. The predicted molar refractivity (Wildman–Crippen MR) is 50.8 cm³/mol. The average Bonchev–Trinajstić information content (AvgIpc) is 2.19. The van der Waals surface area contributed by atoms with E-state index in [2.05, 4.69) is 0 Å². The molecule has 0 fully saturated rings. The maximum absolute atomic E-state index is 13.2. The Kier molecular flexibility index (Phi) is 3.29. The molecule has 0 bridgehead atoms. The first-order chi connectivity index (χ1) is 6.98. The van der Waals surface area contributed by atoms with E-state index in [1.807, 2.05) is 0 Å². The van der Waals surface area contributed by atoms with Crippen LogP contribution in [-0.2, 0) is 21.9 Å². The molecule has 2 nitrogen and oxygen atoms in total. The van der Waals surface area contributed by atoms with Crippen LogP contribution in [0.3, 0.4) is 0 Å². The van der Waals surface area contributed by atoms with Crippen LogP contribution < -0.4 is 0 Å². The van der Waals surface area contributed by atoms with E-state index in [1.165, 1.54) is 24.3 Å². The van der Waals surface area contributed by atoms with Gasteiger partial charge in [-0.3, -0.25) is 4.79 Å². The highest BCUT2D eigenvalue weighted by molar-refractivity contribution is 5.84. The minimum absolute atomic E-state index is 0.186. The van der Waals surface area contributed by atoms with Crippen LogP contribution in [0.25, 0.3) is 0 Å². The van der Waals surface area contributed by atoms with Gasteiger partial charge in [-0.25, -0.2) is 0 Å². The molecule has 80 valence electrons. The Morgan fingerprint density at radius 3 is 2.27 bits per heavy atom. The molecule has 1 aromatic carbocycles. The Morgan fingerprint density at radius 2 is 1.87 bits per heavy atom. The van der Waals surface area contributed by atoms with Crippen molar-refractivity contribution in [2.75, 3.05) is 0 Å². The molecular weight excluding hydrogens is 202 g/mol. The number of benzene rings is 1. The molecule has 0 spiro atoms. The van der Waals surface area contributed by atoms with Crippen LogP contribution in [0.4, 0.5) is 8.78 Å². The van der Waals surface area contributed by atoms with E-state index in [0.29, 0.717) is 11.8 Å². The van der Waals surface area contributed by atoms with Gasteiger partial charge in [0.25, 0.3) is 0 Å². The van der Waals surface area contributed by atoms with Crippen molar-refractivity contribution in [2.45, 2.75) is 19.3 Å². The molecule has 0 atom stereocenters. The second-order valence-electron chi connectivity index (χ2n) is 3.20. The van der Waals surface area contributed by atoms with Gasteiger partial charge in [0.1, 0.15) is 6.29 Å². The van der Waals surface area contributed by atoms with Crippen molar-refractivity contribution >= 4 is 12.1 Å². The highest BCUT2D eigenvalue weighted by atomic mass is 19.3. The van der Waals surface area contributed by atoms with E-state index in [0.717, 1.165) is 6.92 Å². The fraction of sp³-hybridized carbons (Fsp3) is 0.273. The van der Waals surface area contributed by atoms with Crippen LogP contribution in [0.1, 0.15) is 18.1 Å². The van der Waals surface area contributed by atoms with Gasteiger partial charge in [0.05, 0.1) is 0 Å². The van der Waals surface area contributed by atoms with E-state index in [9.17, 15) is 18.4 Å². The number of aldehydes is 1. The van der Waals surface area contributed by atoms with Gasteiger partial charge in [0.15, 0.2) is 0 Å². The van der Waals surface area contributed by atoms with Gasteiger partial charge in [0.2, 0.25) is 5.78 Å². The SMILES string of the molecule is CC(=O)C(F)(F)c1ccc(CC=O)cc1. The third kappa shape index (κ3) is 2.46. The third-order valence-electron chi connectivity index (χ3n) is 2.08. The van der Waals surface area contributed by atoms with E-state index >= 15 is 0 Å². The molecule has 4 heteroatoms. The molecular formula is C11H10F2O2. The van der Waals surface area contributed by atoms with Crippen molar-refractivity contribution in [3.8, 4) is 0 Å². The molecule has 0 aliphatic carbocycles. The highest BCUT2D eigenvalue weighted by Gasteiger charge is 2.36. The number of carbonyl (C=O) groups is 2. The molecule has 0 aliphatic heterocycles. The van der Waals surface area contributed by atoms with Gasteiger partial charge in [-0.1, -0.05) is 24.3 Å². The maximum Gasteiger partial charge on any atom is 0.330 e. The lowest BCUT2D eigenvalue weighted by atomic mass is 10.0. The summed E-state index contributed by atoms with van der Waals surface area (Å²) in [4.78, 5) is 20.8. The zero-order valence-corrected chi connectivity index (χ0v) is 8.17. The van der Waals surface area contributed by atoms with Crippen molar-refractivity contribution < 1.29 is 18.4 Å². The molecule has 0 aromatic heterocycles. The normalized spacial score (nSPS) is 11.1. The van der Waals surface area contributed by atoms with Crippen LogP contribution >= 0.6 is 0 Å². The summed E-state index contributed by atoms with van der Waals surface area (Å²) in [6.45, 7) is 0.847. The van der Waals surface area contributed by atoms with Crippen LogP contribution in [0, 0.1) is 0 Å². The summed E-state index contributed by atoms with van der Waals surface area (Å²) in [5.41, 5.74) is 0.303. The fourth-order valence-electron chi connectivity index (χ4n) is 1.15. The highest BCUT2D eigenvalue weighted by Crippen LogP contribution is 2.28. The second-order valence-corrected chi connectivity index (χ2v) is 3.20. The number of ketones is 1. The van der Waals surface area contributed by atoms with Crippen LogP contribution in [-0.4, -0.2) is 12.1 Å². The molecule has 0 saturated heterocycles. The minimum Gasteiger partial charge on any atom is -0.303 e. The zero-order chi connectivity index (χ0) is 11.5. The number of hydrogen-bond acceptors (Lipinski definition) is 2. The van der Waals surface area contributed by atoms with Gasteiger partial charge >= 0.3 is 5.92 Å². The Hall–Kier alpha value is -1.58. The maximum atomic E-state index is 13.2. The summed E-state index contributed by atoms with van der Waals surface area (Å²) in [5.74, 6) is -4.63. The van der Waals surface area contributed by atoms with Gasteiger partial charge < -0.3 is 4.79 Å². The first-order valence-corrected chi connectivity index (χ1v) is 4.40. The van der Waals surface area contributed by atoms with Crippen molar-refractivity contribution in [3.05, 3.63) is 35.4 Å². The molecule has 1 aromatic rings. The molecule has 0 saturated carbocycles. The zero-order valence-electron chi connectivity index (χ0n) is 8.17. The number of alkyl halides is 2. The van der Waals surface area contributed by atoms with Gasteiger partial charge in [0, 0.05) is 18.9 Å². The summed E-state index contributed by atoms with van der Waals surface area (Å²) >= 11 is 0. The molecule has 0 heterocycles. The number of rotatable bonds is 4. The lowest BCUT2D eigenvalue weighted by molar-refractivity contribution is -0.141. The van der Waals surface area contributed by atoms with E-state index in [4.69, 9.17) is 0 Å². The van der Waals surface area contributed by atoms with Crippen molar-refractivity contribution in [1.29, 1.82) is 0 Å². The molecule has 0 aliphatic rings. The smallest absolute Gasteiger partial charge is 0.303 e. The summed E-state index contributed by atoms with van der Waals surface area (Å²) in [5, 5.41) is 0. The summed E-state index contributed by atoms with van der Waals surface area (Å²) in [6, 6.07) is 5.17. The summed E-state index contributed by atoms with van der Waals surface area (Å²) in [7, 11) is 0. The Balaban J connectivity index is 2.98. The topological polar surface area (TPSA) is 34.1 Å². The summed E-state index contributed by atoms with van der Waals surface area (Å²) < 4.78 is 26.4.